The molecule has 1 heterocycles. The lowest BCUT2D eigenvalue weighted by Crippen LogP contribution is -2.42. The van der Waals surface area contributed by atoms with Crippen molar-refractivity contribution in [3.63, 3.8) is 0 Å². The number of nitrogens with zero attached hydrogens (tertiary/aromatic N) is 2. The Labute approximate surface area is 156 Å². The van der Waals surface area contributed by atoms with Gasteiger partial charge in [0.1, 0.15) is 0 Å². The van der Waals surface area contributed by atoms with E-state index in [-0.39, 0.29) is 5.91 Å². The monoisotopic (exact) mass is 348 g/mol. The number of hydrogen-bond acceptors (Lipinski definition) is 2. The molecule has 0 radical (unpaired) electrons. The number of amides is 1. The Hall–Kier alpha value is -1.35. The summed E-state index contributed by atoms with van der Waals surface area (Å²) in [4.78, 5) is 15.8. The van der Waals surface area contributed by atoms with Crippen LogP contribution in [0.5, 0.6) is 0 Å². The highest BCUT2D eigenvalue weighted by Crippen LogP contribution is 2.19. The third-order valence-electron chi connectivity index (χ3n) is 4.73. The third-order valence-corrected chi connectivity index (χ3v) is 4.73. The van der Waals surface area contributed by atoms with Crippen LogP contribution in [-0.4, -0.2) is 48.4 Å². The van der Waals surface area contributed by atoms with E-state index in [1.807, 2.05) is 32.6 Å². The molecule has 144 valence electrons. The second kappa shape index (κ2) is 13.9. The molecule has 0 saturated carbocycles. The quantitative estimate of drug-likeness (QED) is 0.758. The van der Waals surface area contributed by atoms with Crippen molar-refractivity contribution in [1.29, 1.82) is 0 Å². The van der Waals surface area contributed by atoms with Gasteiger partial charge >= 0.3 is 0 Å². The molecule has 1 aliphatic rings. The van der Waals surface area contributed by atoms with Crippen LogP contribution in [0.1, 0.15) is 59.9 Å². The van der Waals surface area contributed by atoms with Crippen LogP contribution in [0.4, 0.5) is 0 Å². The molecular weight excluding hydrogens is 308 g/mol. The van der Waals surface area contributed by atoms with Gasteiger partial charge in [0.25, 0.3) is 0 Å². The summed E-state index contributed by atoms with van der Waals surface area (Å²) in [5, 5.41) is 0. The van der Waals surface area contributed by atoms with Crippen LogP contribution in [0.3, 0.4) is 0 Å². The number of benzene rings is 1. The van der Waals surface area contributed by atoms with Crippen molar-refractivity contribution in [2.45, 2.75) is 66.8 Å². The summed E-state index contributed by atoms with van der Waals surface area (Å²) in [5.41, 5.74) is 1.41. The molecule has 1 aliphatic heterocycles. The molecule has 2 rings (SSSR count). The van der Waals surface area contributed by atoms with Gasteiger partial charge < -0.3 is 9.80 Å². The van der Waals surface area contributed by atoms with Crippen LogP contribution in [0.15, 0.2) is 30.3 Å². The summed E-state index contributed by atoms with van der Waals surface area (Å²) in [7, 11) is 2.23. The zero-order valence-electron chi connectivity index (χ0n) is 17.6. The molecule has 1 fully saturated rings. The Bertz CT molecular complexity index is 439. The Morgan fingerprint density at radius 3 is 2.12 bits per heavy atom. The van der Waals surface area contributed by atoms with Gasteiger partial charge in [-0.2, -0.15) is 0 Å². The number of carbonyl (C=O) groups excluding carboxylic acids is 1. The summed E-state index contributed by atoms with van der Waals surface area (Å²) in [6.07, 6.45) is 3.38. The Morgan fingerprint density at radius 2 is 1.64 bits per heavy atom. The van der Waals surface area contributed by atoms with Crippen LogP contribution in [0.25, 0.3) is 0 Å². The standard InChI is InChI=1S/C18H28N2O.2C2H6/c1-15(13-17-7-5-4-6-8-17)19(3)14-18-9-11-20(12-10-18)16(2)21;2*1-2/h4-8,15,18H,9-14H2,1-3H3;2*1-2H3. The lowest BCUT2D eigenvalue weighted by molar-refractivity contribution is -0.130. The molecule has 0 aromatic heterocycles. The van der Waals surface area contributed by atoms with E-state index in [1.54, 1.807) is 6.92 Å². The van der Waals surface area contributed by atoms with Gasteiger partial charge in [0.2, 0.25) is 5.91 Å². The maximum absolute atomic E-state index is 11.4. The van der Waals surface area contributed by atoms with Gasteiger partial charge in [-0.25, -0.2) is 0 Å². The van der Waals surface area contributed by atoms with Gasteiger partial charge in [0, 0.05) is 32.6 Å². The molecule has 1 saturated heterocycles. The molecular formula is C22H40N2O. The molecule has 3 nitrogen and oxygen atoms in total. The molecule has 0 N–H and O–H groups in total. The van der Waals surface area contributed by atoms with E-state index in [2.05, 4.69) is 49.2 Å². The van der Waals surface area contributed by atoms with Gasteiger partial charge in [-0.1, -0.05) is 58.0 Å². The van der Waals surface area contributed by atoms with E-state index in [0.29, 0.717) is 6.04 Å². The zero-order valence-corrected chi connectivity index (χ0v) is 17.6. The van der Waals surface area contributed by atoms with Crippen LogP contribution in [0, 0.1) is 5.92 Å². The first-order chi connectivity index (χ1) is 12.1. The van der Waals surface area contributed by atoms with E-state index in [9.17, 15) is 4.79 Å². The second-order valence-electron chi connectivity index (χ2n) is 6.43. The highest BCUT2D eigenvalue weighted by atomic mass is 16.2. The van der Waals surface area contributed by atoms with E-state index >= 15 is 0 Å². The van der Waals surface area contributed by atoms with Gasteiger partial charge in [-0.05, 0) is 44.7 Å². The first-order valence-corrected chi connectivity index (χ1v) is 10.1. The molecule has 1 atom stereocenters. The minimum Gasteiger partial charge on any atom is -0.343 e. The molecule has 1 aromatic carbocycles. The molecule has 1 aromatic rings. The van der Waals surface area contributed by atoms with Crippen LogP contribution in [0.2, 0.25) is 0 Å². The molecule has 0 aliphatic carbocycles. The normalized spacial score (nSPS) is 15.6. The molecule has 25 heavy (non-hydrogen) atoms. The van der Waals surface area contributed by atoms with E-state index in [4.69, 9.17) is 0 Å². The Balaban J connectivity index is 0.00000134. The van der Waals surface area contributed by atoms with Crippen molar-refractivity contribution in [1.82, 2.24) is 9.80 Å². The molecule has 0 spiro atoms. The van der Waals surface area contributed by atoms with Gasteiger partial charge in [-0.3, -0.25) is 4.79 Å². The number of likely N-dealkylation sites (tertiary alicyclic amines) is 1. The summed E-state index contributed by atoms with van der Waals surface area (Å²) in [6, 6.07) is 11.3. The van der Waals surface area contributed by atoms with Crippen molar-refractivity contribution in [3.05, 3.63) is 35.9 Å². The lowest BCUT2D eigenvalue weighted by Gasteiger charge is -2.35. The minimum absolute atomic E-state index is 0.222. The molecule has 0 bridgehead atoms. The van der Waals surface area contributed by atoms with E-state index in [0.717, 1.165) is 44.8 Å². The van der Waals surface area contributed by atoms with E-state index < -0.39 is 0 Å². The predicted molar refractivity (Wildman–Crippen MR) is 110 cm³/mol. The number of piperidine rings is 1. The predicted octanol–water partition coefficient (Wildman–Crippen LogP) is 4.86. The van der Waals surface area contributed by atoms with Crippen molar-refractivity contribution >= 4 is 5.91 Å². The Morgan fingerprint density at radius 1 is 1.12 bits per heavy atom. The fourth-order valence-corrected chi connectivity index (χ4v) is 3.13. The highest BCUT2D eigenvalue weighted by molar-refractivity contribution is 5.73. The minimum atomic E-state index is 0.222. The fraction of sp³-hybridized carbons (Fsp3) is 0.682. The van der Waals surface area contributed by atoms with Crippen LogP contribution in [-0.2, 0) is 11.2 Å². The summed E-state index contributed by atoms with van der Waals surface area (Å²) in [6.45, 7) is 15.0. The first-order valence-electron chi connectivity index (χ1n) is 10.1. The van der Waals surface area contributed by atoms with Crippen molar-refractivity contribution in [2.24, 2.45) is 5.92 Å². The smallest absolute Gasteiger partial charge is 0.219 e. The lowest BCUT2D eigenvalue weighted by atomic mass is 9.95. The number of likely N-dealkylation sites (N-methyl/N-ethyl adjacent to an activating group) is 1. The number of rotatable bonds is 5. The third kappa shape index (κ3) is 9.06. The fourth-order valence-electron chi connectivity index (χ4n) is 3.13. The zero-order chi connectivity index (χ0) is 19.2. The van der Waals surface area contributed by atoms with Crippen molar-refractivity contribution < 1.29 is 4.79 Å². The average molecular weight is 349 g/mol. The molecule has 1 unspecified atom stereocenters. The Kier molecular flexibility index (Phi) is 13.1. The average Bonchev–Trinajstić information content (AvgIpc) is 2.66. The van der Waals surface area contributed by atoms with Gasteiger partial charge in [0.05, 0.1) is 0 Å². The second-order valence-corrected chi connectivity index (χ2v) is 6.43. The van der Waals surface area contributed by atoms with Gasteiger partial charge in [-0.15, -0.1) is 0 Å². The maximum Gasteiger partial charge on any atom is 0.219 e. The SMILES string of the molecule is CC.CC.CC(=O)N1CCC(CN(C)C(C)Cc2ccccc2)CC1. The maximum atomic E-state index is 11.4. The largest absolute Gasteiger partial charge is 0.343 e. The van der Waals surface area contributed by atoms with Crippen LogP contribution < -0.4 is 0 Å². The van der Waals surface area contributed by atoms with Gasteiger partial charge in [0.15, 0.2) is 0 Å². The first kappa shape index (κ1) is 23.6. The molecule has 3 heteroatoms. The summed E-state index contributed by atoms with van der Waals surface area (Å²) < 4.78 is 0. The topological polar surface area (TPSA) is 23.6 Å². The van der Waals surface area contributed by atoms with Crippen LogP contribution >= 0.6 is 0 Å². The highest BCUT2D eigenvalue weighted by Gasteiger charge is 2.23. The van der Waals surface area contributed by atoms with Crippen molar-refractivity contribution in [3.8, 4) is 0 Å². The number of hydrogen-bond donors (Lipinski definition) is 0. The summed E-state index contributed by atoms with van der Waals surface area (Å²) >= 11 is 0. The summed E-state index contributed by atoms with van der Waals surface area (Å²) in [5.74, 6) is 0.947. The molecule has 1 amide bonds. The van der Waals surface area contributed by atoms with E-state index in [1.165, 1.54) is 5.56 Å². The number of carbonyl (C=O) groups is 1. The van der Waals surface area contributed by atoms with Crippen molar-refractivity contribution in [2.75, 3.05) is 26.7 Å².